The zero-order chi connectivity index (χ0) is 15.7. The fourth-order valence-corrected chi connectivity index (χ4v) is 2.84. The number of rotatable bonds is 5. The average Bonchev–Trinajstić information content (AvgIpc) is 3.31. The van der Waals surface area contributed by atoms with E-state index in [1.54, 1.807) is 12.3 Å². The fraction of sp³-hybridized carbons (Fsp3) is 0.667. The maximum Gasteiger partial charge on any atom is 0.363 e. The van der Waals surface area contributed by atoms with Gasteiger partial charge in [-0.15, -0.1) is 0 Å². The highest BCUT2D eigenvalue weighted by Gasteiger charge is 2.38. The topological polar surface area (TPSA) is 80.5 Å². The van der Waals surface area contributed by atoms with Crippen LogP contribution in [0.15, 0.2) is 18.3 Å². The quantitative estimate of drug-likeness (QED) is 0.659. The van der Waals surface area contributed by atoms with Crippen LogP contribution in [0.2, 0.25) is 0 Å². The number of morpholine rings is 1. The van der Waals surface area contributed by atoms with Crippen molar-refractivity contribution in [3.8, 4) is 0 Å². The van der Waals surface area contributed by atoms with Crippen LogP contribution in [0.25, 0.3) is 0 Å². The van der Waals surface area contributed by atoms with Gasteiger partial charge in [-0.25, -0.2) is 0 Å². The second-order valence-electron chi connectivity index (χ2n) is 6.58. The van der Waals surface area contributed by atoms with Crippen LogP contribution in [-0.4, -0.2) is 47.3 Å². The molecule has 1 atom stereocenters. The Labute approximate surface area is 129 Å². The molecule has 0 radical (unpaired) electrons. The molecule has 1 aromatic rings. The second kappa shape index (κ2) is 5.81. The Hall–Kier alpha value is -1.73. The van der Waals surface area contributed by atoms with Gasteiger partial charge < -0.3 is 25.1 Å². The SMILES string of the molecule is CC(C)(NC1CC1)C1CN(c2ccc([N+](=O)[O-])nc2)CCO1. The molecule has 7 nitrogen and oxygen atoms in total. The average molecular weight is 306 g/mol. The lowest BCUT2D eigenvalue weighted by atomic mass is 9.95. The Morgan fingerprint density at radius 2 is 2.23 bits per heavy atom. The van der Waals surface area contributed by atoms with E-state index in [0.717, 1.165) is 18.8 Å². The minimum atomic E-state index is -0.478. The number of anilines is 1. The summed E-state index contributed by atoms with van der Waals surface area (Å²) in [5, 5.41) is 14.3. The lowest BCUT2D eigenvalue weighted by molar-refractivity contribution is -0.389. The van der Waals surface area contributed by atoms with Gasteiger partial charge in [0.1, 0.15) is 0 Å². The summed E-state index contributed by atoms with van der Waals surface area (Å²) in [7, 11) is 0. The minimum Gasteiger partial charge on any atom is -0.373 e. The molecule has 0 amide bonds. The van der Waals surface area contributed by atoms with Crippen LogP contribution >= 0.6 is 0 Å². The molecule has 22 heavy (non-hydrogen) atoms. The molecule has 2 aliphatic rings. The minimum absolute atomic E-state index is 0.0806. The summed E-state index contributed by atoms with van der Waals surface area (Å²) < 4.78 is 5.95. The van der Waals surface area contributed by atoms with E-state index in [4.69, 9.17) is 4.74 Å². The molecule has 1 saturated carbocycles. The van der Waals surface area contributed by atoms with Crippen molar-refractivity contribution in [3.63, 3.8) is 0 Å². The van der Waals surface area contributed by atoms with Crippen LogP contribution < -0.4 is 10.2 Å². The van der Waals surface area contributed by atoms with E-state index in [0.29, 0.717) is 12.6 Å². The number of hydrogen-bond acceptors (Lipinski definition) is 6. The lowest BCUT2D eigenvalue weighted by Crippen LogP contribution is -2.58. The van der Waals surface area contributed by atoms with E-state index >= 15 is 0 Å². The van der Waals surface area contributed by atoms with Crippen LogP contribution in [-0.2, 0) is 4.74 Å². The Kier molecular flexibility index (Phi) is 4.01. The zero-order valence-electron chi connectivity index (χ0n) is 13.0. The predicted molar refractivity (Wildman–Crippen MR) is 83.1 cm³/mol. The monoisotopic (exact) mass is 306 g/mol. The molecule has 120 valence electrons. The van der Waals surface area contributed by atoms with Gasteiger partial charge in [0.15, 0.2) is 6.20 Å². The van der Waals surface area contributed by atoms with Gasteiger partial charge in [0, 0.05) is 30.7 Å². The Bertz CT molecular complexity index is 542. The first kappa shape index (κ1) is 15.2. The maximum atomic E-state index is 10.7. The molecule has 1 unspecified atom stereocenters. The van der Waals surface area contributed by atoms with Crippen molar-refractivity contribution in [2.45, 2.75) is 44.4 Å². The molecule has 1 saturated heterocycles. The summed E-state index contributed by atoms with van der Waals surface area (Å²) in [5.74, 6) is -0.121. The molecule has 0 aromatic carbocycles. The molecule has 1 aliphatic heterocycles. The van der Waals surface area contributed by atoms with Crippen molar-refractivity contribution < 1.29 is 9.66 Å². The Morgan fingerprint density at radius 1 is 1.45 bits per heavy atom. The Balaban J connectivity index is 1.68. The van der Waals surface area contributed by atoms with Crippen molar-refractivity contribution in [3.05, 3.63) is 28.4 Å². The van der Waals surface area contributed by atoms with E-state index in [9.17, 15) is 10.1 Å². The summed E-state index contributed by atoms with van der Waals surface area (Å²) in [6, 6.07) is 3.83. The molecule has 0 spiro atoms. The molecule has 1 N–H and O–H groups in total. The third-order valence-electron chi connectivity index (χ3n) is 4.31. The maximum absolute atomic E-state index is 10.7. The van der Waals surface area contributed by atoms with Gasteiger partial charge in [0.05, 0.1) is 18.4 Å². The third kappa shape index (κ3) is 3.36. The highest BCUT2D eigenvalue weighted by molar-refractivity contribution is 5.47. The van der Waals surface area contributed by atoms with Crippen LogP contribution in [0.5, 0.6) is 0 Å². The van der Waals surface area contributed by atoms with Crippen LogP contribution in [0, 0.1) is 10.1 Å². The van der Waals surface area contributed by atoms with Crippen molar-refractivity contribution in [2.75, 3.05) is 24.6 Å². The molecule has 1 aromatic heterocycles. The summed E-state index contributed by atoms with van der Waals surface area (Å²) >= 11 is 0. The van der Waals surface area contributed by atoms with Gasteiger partial charge in [-0.2, -0.15) is 0 Å². The number of ether oxygens (including phenoxy) is 1. The first-order valence-corrected chi connectivity index (χ1v) is 7.70. The largest absolute Gasteiger partial charge is 0.373 e. The van der Waals surface area contributed by atoms with Crippen LogP contribution in [0.3, 0.4) is 0 Å². The number of hydrogen-bond donors (Lipinski definition) is 1. The van der Waals surface area contributed by atoms with Gasteiger partial charge in [-0.3, -0.25) is 0 Å². The molecule has 2 fully saturated rings. The van der Waals surface area contributed by atoms with Crippen molar-refractivity contribution >= 4 is 11.5 Å². The third-order valence-corrected chi connectivity index (χ3v) is 4.31. The molecule has 7 heteroatoms. The number of nitro groups is 1. The normalized spacial score (nSPS) is 22.6. The molecule has 3 rings (SSSR count). The fourth-order valence-electron chi connectivity index (χ4n) is 2.84. The Morgan fingerprint density at radius 3 is 2.82 bits per heavy atom. The smallest absolute Gasteiger partial charge is 0.363 e. The molecular formula is C15H22N4O3. The lowest BCUT2D eigenvalue weighted by Gasteiger charge is -2.42. The molecular weight excluding hydrogens is 284 g/mol. The van der Waals surface area contributed by atoms with Gasteiger partial charge in [-0.05, 0) is 42.7 Å². The van der Waals surface area contributed by atoms with Gasteiger partial charge >= 0.3 is 5.82 Å². The van der Waals surface area contributed by atoms with Gasteiger partial charge in [0.2, 0.25) is 0 Å². The standard InChI is InChI=1S/C15H22N4O3/c1-15(2,17-11-3-4-11)13-10-18(7-8-22-13)12-5-6-14(16-9-12)19(20)21/h5-6,9,11,13,17H,3-4,7-8,10H2,1-2H3. The predicted octanol–water partition coefficient (Wildman–Crippen LogP) is 1.73. The second-order valence-corrected chi connectivity index (χ2v) is 6.58. The first-order chi connectivity index (χ1) is 10.5. The van der Waals surface area contributed by atoms with Gasteiger partial charge in [-0.1, -0.05) is 0 Å². The van der Waals surface area contributed by atoms with Crippen molar-refractivity contribution in [2.24, 2.45) is 0 Å². The van der Waals surface area contributed by atoms with E-state index in [2.05, 4.69) is 29.0 Å². The van der Waals surface area contributed by atoms with E-state index in [1.807, 2.05) is 0 Å². The summed E-state index contributed by atoms with van der Waals surface area (Å²) in [5.41, 5.74) is 0.815. The number of nitrogens with one attached hydrogen (secondary N) is 1. The van der Waals surface area contributed by atoms with E-state index < -0.39 is 4.92 Å². The first-order valence-electron chi connectivity index (χ1n) is 7.70. The van der Waals surface area contributed by atoms with E-state index in [-0.39, 0.29) is 17.5 Å². The summed E-state index contributed by atoms with van der Waals surface area (Å²) in [6.45, 7) is 6.53. The summed E-state index contributed by atoms with van der Waals surface area (Å²) in [4.78, 5) is 16.3. The van der Waals surface area contributed by atoms with Crippen molar-refractivity contribution in [1.82, 2.24) is 10.3 Å². The van der Waals surface area contributed by atoms with Gasteiger partial charge in [0.25, 0.3) is 0 Å². The molecule has 2 heterocycles. The highest BCUT2D eigenvalue weighted by Crippen LogP contribution is 2.28. The van der Waals surface area contributed by atoms with Crippen LogP contribution in [0.4, 0.5) is 11.5 Å². The zero-order valence-corrected chi connectivity index (χ0v) is 13.0. The van der Waals surface area contributed by atoms with Crippen LogP contribution in [0.1, 0.15) is 26.7 Å². The summed E-state index contributed by atoms with van der Waals surface area (Å²) in [6.07, 6.45) is 4.14. The number of aromatic nitrogens is 1. The van der Waals surface area contributed by atoms with E-state index in [1.165, 1.54) is 18.9 Å². The number of nitrogens with zero attached hydrogens (tertiary/aromatic N) is 3. The van der Waals surface area contributed by atoms with Crippen molar-refractivity contribution in [1.29, 1.82) is 0 Å². The molecule has 1 aliphatic carbocycles. The number of pyridine rings is 1. The highest BCUT2D eigenvalue weighted by atomic mass is 16.6. The molecule has 0 bridgehead atoms.